The van der Waals surface area contributed by atoms with Gasteiger partial charge in [-0.25, -0.2) is 0 Å². The maximum atomic E-state index is 13.3. The van der Waals surface area contributed by atoms with Crippen molar-refractivity contribution in [2.75, 3.05) is 6.26 Å². The van der Waals surface area contributed by atoms with E-state index in [0.29, 0.717) is 28.8 Å². The molecule has 2 aromatic heterocycles. The third-order valence-corrected chi connectivity index (χ3v) is 5.83. The van der Waals surface area contributed by atoms with Gasteiger partial charge in [-0.2, -0.15) is 5.26 Å². The first-order valence-electron chi connectivity index (χ1n) is 8.48. The molecule has 4 aromatic rings. The van der Waals surface area contributed by atoms with E-state index in [1.54, 1.807) is 10.7 Å². The summed E-state index contributed by atoms with van der Waals surface area (Å²) in [5, 5.41) is 9.70. The monoisotopic (exact) mass is 375 g/mol. The maximum Gasteiger partial charge on any atom is 0.260 e. The predicted molar refractivity (Wildman–Crippen MR) is 107 cm³/mol. The molecule has 0 saturated carbocycles. The zero-order chi connectivity index (χ0) is 19.1. The molecule has 0 fully saturated rings. The smallest absolute Gasteiger partial charge is 0.260 e. The number of nitriles is 1. The Morgan fingerprint density at radius 3 is 2.52 bits per heavy atom. The summed E-state index contributed by atoms with van der Waals surface area (Å²) in [4.78, 5) is 17.2. The number of H-pyrrole nitrogens is 1. The van der Waals surface area contributed by atoms with Crippen LogP contribution in [0.15, 0.2) is 58.2 Å². The van der Waals surface area contributed by atoms with Crippen molar-refractivity contribution in [2.24, 2.45) is 0 Å². The average molecular weight is 375 g/mol. The minimum atomic E-state index is -1.04. The fraction of sp³-hybridized carbons (Fsp3) is 0.143. The standard InChI is InChI=1S/C21H17N3O2S/c1-13-16(11-14-7-9-15(10-8-14)27(2)26)21(25)24-19-6-4-3-5-18(19)23-20(24)17(13)12-22/h3-10,23H,11H2,1-2H3. The molecule has 1 unspecified atom stereocenters. The summed E-state index contributed by atoms with van der Waals surface area (Å²) < 4.78 is 13.2. The molecule has 1 N–H and O–H groups in total. The number of aromatic nitrogens is 2. The number of nitrogens with one attached hydrogen (secondary N) is 1. The Kier molecular flexibility index (Phi) is 4.17. The minimum Gasteiger partial charge on any atom is -0.338 e. The van der Waals surface area contributed by atoms with Gasteiger partial charge in [-0.05, 0) is 42.3 Å². The van der Waals surface area contributed by atoms with Gasteiger partial charge in [0.25, 0.3) is 5.56 Å². The van der Waals surface area contributed by atoms with Gasteiger partial charge in [-0.3, -0.25) is 13.4 Å². The van der Waals surface area contributed by atoms with Crippen molar-refractivity contribution >= 4 is 27.5 Å². The fourth-order valence-corrected chi connectivity index (χ4v) is 3.95. The molecule has 27 heavy (non-hydrogen) atoms. The van der Waals surface area contributed by atoms with Gasteiger partial charge in [0, 0.05) is 33.9 Å². The highest BCUT2D eigenvalue weighted by atomic mass is 32.2. The van der Waals surface area contributed by atoms with Crippen LogP contribution < -0.4 is 5.56 Å². The number of para-hydroxylation sites is 2. The van der Waals surface area contributed by atoms with Crippen LogP contribution in [-0.2, 0) is 17.2 Å². The van der Waals surface area contributed by atoms with E-state index in [9.17, 15) is 14.3 Å². The number of pyridine rings is 1. The number of rotatable bonds is 3. The second-order valence-electron chi connectivity index (χ2n) is 6.50. The van der Waals surface area contributed by atoms with E-state index in [4.69, 9.17) is 0 Å². The summed E-state index contributed by atoms with van der Waals surface area (Å²) in [6.45, 7) is 1.82. The number of fused-ring (bicyclic) bond motifs is 3. The van der Waals surface area contributed by atoms with Gasteiger partial charge in [-0.15, -0.1) is 0 Å². The van der Waals surface area contributed by atoms with Crippen LogP contribution in [0.1, 0.15) is 22.3 Å². The summed E-state index contributed by atoms with van der Waals surface area (Å²) >= 11 is 0. The van der Waals surface area contributed by atoms with E-state index in [-0.39, 0.29) is 5.56 Å². The van der Waals surface area contributed by atoms with Gasteiger partial charge in [0.2, 0.25) is 0 Å². The van der Waals surface area contributed by atoms with Crippen molar-refractivity contribution in [1.29, 1.82) is 5.26 Å². The first-order valence-corrected chi connectivity index (χ1v) is 10.0. The SMILES string of the molecule is Cc1c(Cc2ccc(S(C)=O)cc2)c(=O)n2c([nH]c3ccccc32)c1C#N. The number of aromatic amines is 1. The second-order valence-corrected chi connectivity index (χ2v) is 7.88. The third kappa shape index (κ3) is 2.77. The Bertz CT molecular complexity index is 1310. The summed E-state index contributed by atoms with van der Waals surface area (Å²) in [6, 6.07) is 17.2. The van der Waals surface area contributed by atoms with Crippen molar-refractivity contribution in [3.63, 3.8) is 0 Å². The van der Waals surface area contributed by atoms with Crippen LogP contribution in [0.5, 0.6) is 0 Å². The lowest BCUT2D eigenvalue weighted by atomic mass is 9.99. The number of imidazole rings is 1. The van der Waals surface area contributed by atoms with E-state index < -0.39 is 10.8 Å². The summed E-state index contributed by atoms with van der Waals surface area (Å²) in [6.07, 6.45) is 2.05. The maximum absolute atomic E-state index is 13.3. The number of nitrogens with zero attached hydrogens (tertiary/aromatic N) is 2. The third-order valence-electron chi connectivity index (χ3n) is 4.90. The van der Waals surface area contributed by atoms with Crippen molar-refractivity contribution in [1.82, 2.24) is 9.38 Å². The second kappa shape index (κ2) is 6.53. The molecule has 0 saturated heterocycles. The normalized spacial score (nSPS) is 12.3. The van der Waals surface area contributed by atoms with Crippen LogP contribution in [0.4, 0.5) is 0 Å². The van der Waals surface area contributed by atoms with E-state index in [0.717, 1.165) is 21.5 Å². The first-order chi connectivity index (χ1) is 13.0. The van der Waals surface area contributed by atoms with Crippen LogP contribution in [0, 0.1) is 18.3 Å². The first kappa shape index (κ1) is 17.3. The summed E-state index contributed by atoms with van der Waals surface area (Å²) in [5.74, 6) is 0. The molecule has 0 spiro atoms. The Labute approximate surface area is 158 Å². The zero-order valence-electron chi connectivity index (χ0n) is 14.9. The molecule has 0 amide bonds. The molecule has 1 atom stereocenters. The highest BCUT2D eigenvalue weighted by molar-refractivity contribution is 7.84. The molecule has 0 aliphatic carbocycles. The minimum absolute atomic E-state index is 0.123. The van der Waals surface area contributed by atoms with E-state index in [1.807, 2.05) is 55.5 Å². The topological polar surface area (TPSA) is 78.1 Å². The van der Waals surface area contributed by atoms with E-state index >= 15 is 0 Å². The average Bonchev–Trinajstić information content (AvgIpc) is 3.05. The van der Waals surface area contributed by atoms with Crippen molar-refractivity contribution in [3.8, 4) is 6.07 Å². The quantitative estimate of drug-likeness (QED) is 0.597. The van der Waals surface area contributed by atoms with Gasteiger partial charge in [0.15, 0.2) is 0 Å². The molecular formula is C21H17N3O2S. The van der Waals surface area contributed by atoms with E-state index in [1.165, 1.54) is 0 Å². The van der Waals surface area contributed by atoms with Crippen molar-refractivity contribution < 1.29 is 4.21 Å². The van der Waals surface area contributed by atoms with Crippen LogP contribution in [-0.4, -0.2) is 19.8 Å². The lowest BCUT2D eigenvalue weighted by molar-refractivity contribution is 0.687. The number of hydrogen-bond acceptors (Lipinski definition) is 3. The van der Waals surface area contributed by atoms with Gasteiger partial charge in [-0.1, -0.05) is 24.3 Å². The molecule has 0 radical (unpaired) electrons. The van der Waals surface area contributed by atoms with Crippen LogP contribution in [0.3, 0.4) is 0 Å². The lowest BCUT2D eigenvalue weighted by Crippen LogP contribution is -2.21. The molecule has 4 rings (SSSR count). The van der Waals surface area contributed by atoms with Crippen LogP contribution >= 0.6 is 0 Å². The van der Waals surface area contributed by atoms with E-state index in [2.05, 4.69) is 11.1 Å². The van der Waals surface area contributed by atoms with Gasteiger partial charge in [0.05, 0.1) is 16.6 Å². The predicted octanol–water partition coefficient (Wildman–Crippen LogP) is 3.29. The molecule has 0 aliphatic rings. The van der Waals surface area contributed by atoms with Gasteiger partial charge >= 0.3 is 0 Å². The largest absolute Gasteiger partial charge is 0.338 e. The molecule has 134 valence electrons. The Balaban J connectivity index is 1.95. The molecule has 2 heterocycles. The molecule has 2 aromatic carbocycles. The molecular weight excluding hydrogens is 358 g/mol. The van der Waals surface area contributed by atoms with Gasteiger partial charge in [0.1, 0.15) is 11.7 Å². The summed E-state index contributed by atoms with van der Waals surface area (Å²) in [5.41, 5.74) is 4.68. The van der Waals surface area contributed by atoms with Crippen molar-refractivity contribution in [2.45, 2.75) is 18.2 Å². The highest BCUT2D eigenvalue weighted by Crippen LogP contribution is 2.22. The molecule has 6 heteroatoms. The highest BCUT2D eigenvalue weighted by Gasteiger charge is 2.18. The Morgan fingerprint density at radius 1 is 1.15 bits per heavy atom. The number of hydrogen-bond donors (Lipinski definition) is 1. The molecule has 0 aliphatic heterocycles. The Morgan fingerprint density at radius 2 is 1.85 bits per heavy atom. The van der Waals surface area contributed by atoms with Crippen LogP contribution in [0.2, 0.25) is 0 Å². The summed E-state index contributed by atoms with van der Waals surface area (Å²) in [7, 11) is -1.04. The number of benzene rings is 2. The Hall–Kier alpha value is -3.17. The molecule has 0 bridgehead atoms. The molecule has 5 nitrogen and oxygen atoms in total. The fourth-order valence-electron chi connectivity index (χ4n) is 3.44. The lowest BCUT2D eigenvalue weighted by Gasteiger charge is -2.10. The van der Waals surface area contributed by atoms with Crippen LogP contribution in [0.25, 0.3) is 16.7 Å². The van der Waals surface area contributed by atoms with Crippen molar-refractivity contribution in [3.05, 3.63) is 81.1 Å². The van der Waals surface area contributed by atoms with Gasteiger partial charge < -0.3 is 4.98 Å². The zero-order valence-corrected chi connectivity index (χ0v) is 15.8.